The number of rotatable bonds is 3. The van der Waals surface area contributed by atoms with Crippen molar-refractivity contribution in [3.05, 3.63) is 0 Å². The summed E-state index contributed by atoms with van der Waals surface area (Å²) in [6.07, 6.45) is 1.15. The molecule has 32 heavy (non-hydrogen) atoms. The molecular weight excluding hydrogens is 445 g/mol. The monoisotopic (exact) mass is 480 g/mol. The molecule has 0 radical (unpaired) electrons. The molecule has 4 heterocycles. The van der Waals surface area contributed by atoms with Gasteiger partial charge in [-0.25, -0.2) is 23.2 Å². The Morgan fingerprint density at radius 2 is 1.53 bits per heavy atom. The van der Waals surface area contributed by atoms with E-state index in [9.17, 15) is 26.4 Å². The topological polar surface area (TPSA) is 73.0 Å². The maximum Gasteiger partial charge on any atom is 0.406 e. The molecule has 0 aromatic rings. The van der Waals surface area contributed by atoms with E-state index in [4.69, 9.17) is 0 Å². The third kappa shape index (κ3) is 4.95. The van der Waals surface area contributed by atoms with Crippen molar-refractivity contribution in [2.24, 2.45) is 23.7 Å². The molecule has 4 rings (SSSR count). The van der Waals surface area contributed by atoms with Crippen LogP contribution in [0.4, 0.5) is 13.2 Å². The SMILES string of the molecule is CC1CCN(C(=O)[C@H]2C3CC(C4CCN(S(C)(=O)=O)CC4)CCN3NC2C(F)(F)F)CC1. The zero-order valence-corrected chi connectivity index (χ0v) is 19.7. The summed E-state index contributed by atoms with van der Waals surface area (Å²) in [7, 11) is -3.21. The minimum Gasteiger partial charge on any atom is -0.342 e. The van der Waals surface area contributed by atoms with Crippen LogP contribution in [0.25, 0.3) is 0 Å². The highest BCUT2D eigenvalue weighted by molar-refractivity contribution is 7.88. The molecule has 184 valence electrons. The maximum atomic E-state index is 13.9. The normalized spacial score (nSPS) is 34.6. The summed E-state index contributed by atoms with van der Waals surface area (Å²) in [5, 5.41) is 1.66. The van der Waals surface area contributed by atoms with E-state index in [-0.39, 0.29) is 17.7 Å². The number of carbonyl (C=O) groups excluding carboxylic acids is 1. The molecule has 0 aromatic carbocycles. The van der Waals surface area contributed by atoms with E-state index in [0.29, 0.717) is 45.1 Å². The number of hydrazine groups is 1. The lowest BCUT2D eigenvalue weighted by atomic mass is 9.74. The highest BCUT2D eigenvalue weighted by Gasteiger charge is 2.59. The second kappa shape index (κ2) is 9.03. The second-order valence-electron chi connectivity index (χ2n) is 10.2. The van der Waals surface area contributed by atoms with Gasteiger partial charge >= 0.3 is 6.18 Å². The Morgan fingerprint density at radius 3 is 2.09 bits per heavy atom. The van der Waals surface area contributed by atoms with Crippen LogP contribution < -0.4 is 5.43 Å². The fourth-order valence-corrected chi connectivity index (χ4v) is 7.01. The second-order valence-corrected chi connectivity index (χ2v) is 12.2. The average Bonchev–Trinajstić information content (AvgIpc) is 3.12. The molecule has 4 aliphatic heterocycles. The third-order valence-electron chi connectivity index (χ3n) is 8.13. The molecule has 1 N–H and O–H groups in total. The molecule has 0 aliphatic carbocycles. The zero-order chi connectivity index (χ0) is 23.3. The van der Waals surface area contributed by atoms with Crippen LogP contribution in [-0.2, 0) is 14.8 Å². The number of sulfonamides is 1. The third-order valence-corrected chi connectivity index (χ3v) is 9.43. The van der Waals surface area contributed by atoms with E-state index in [1.165, 1.54) is 10.6 Å². The standard InChI is InChI=1S/C21H35F3N4O3S/c1-14-3-8-26(9-4-14)20(29)18-17-13-16(7-12-28(17)25-19(18)21(22,23)24)15-5-10-27(11-6-15)32(2,30)31/h14-19,25H,3-13H2,1-2H3/t16?,17?,18-,19?/m0/s1. The van der Waals surface area contributed by atoms with Gasteiger partial charge in [0, 0.05) is 38.8 Å². The van der Waals surface area contributed by atoms with Gasteiger partial charge in [-0.15, -0.1) is 0 Å². The number of carbonyl (C=O) groups is 1. The molecular formula is C21H35F3N4O3S. The Labute approximate surface area is 188 Å². The summed E-state index contributed by atoms with van der Waals surface area (Å²) in [4.78, 5) is 15.0. The van der Waals surface area contributed by atoms with E-state index in [2.05, 4.69) is 12.3 Å². The fourth-order valence-electron chi connectivity index (χ4n) is 6.14. The van der Waals surface area contributed by atoms with E-state index >= 15 is 0 Å². The van der Waals surface area contributed by atoms with Gasteiger partial charge in [-0.05, 0) is 56.3 Å². The zero-order valence-electron chi connectivity index (χ0n) is 18.9. The van der Waals surface area contributed by atoms with Gasteiger partial charge in [0.15, 0.2) is 0 Å². The Hall–Kier alpha value is -0.910. The van der Waals surface area contributed by atoms with Gasteiger partial charge in [0.25, 0.3) is 0 Å². The largest absolute Gasteiger partial charge is 0.406 e. The van der Waals surface area contributed by atoms with Gasteiger partial charge in [0.05, 0.1) is 12.2 Å². The van der Waals surface area contributed by atoms with Gasteiger partial charge in [0.2, 0.25) is 15.9 Å². The first-order valence-electron chi connectivity index (χ1n) is 11.8. The first-order valence-corrected chi connectivity index (χ1v) is 13.6. The molecule has 11 heteroatoms. The summed E-state index contributed by atoms with van der Waals surface area (Å²) < 4.78 is 66.9. The minimum absolute atomic E-state index is 0.212. The molecule has 0 spiro atoms. The van der Waals surface area contributed by atoms with Crippen molar-refractivity contribution in [3.63, 3.8) is 0 Å². The van der Waals surface area contributed by atoms with Crippen LogP contribution in [0.15, 0.2) is 0 Å². The Morgan fingerprint density at radius 1 is 0.938 bits per heavy atom. The molecule has 0 bridgehead atoms. The molecule has 4 atom stereocenters. The van der Waals surface area contributed by atoms with Crippen LogP contribution >= 0.6 is 0 Å². The van der Waals surface area contributed by atoms with Crippen molar-refractivity contribution in [1.82, 2.24) is 19.6 Å². The van der Waals surface area contributed by atoms with E-state index in [0.717, 1.165) is 32.1 Å². The van der Waals surface area contributed by atoms with Crippen molar-refractivity contribution < 1.29 is 26.4 Å². The smallest absolute Gasteiger partial charge is 0.342 e. The number of nitrogens with zero attached hydrogens (tertiary/aromatic N) is 3. The summed E-state index contributed by atoms with van der Waals surface area (Å²) in [5.74, 6) is -0.503. The van der Waals surface area contributed by atoms with Crippen LogP contribution in [-0.4, -0.2) is 85.8 Å². The molecule has 0 aromatic heterocycles. The Balaban J connectivity index is 1.47. The van der Waals surface area contributed by atoms with Crippen LogP contribution in [0.3, 0.4) is 0 Å². The van der Waals surface area contributed by atoms with Gasteiger partial charge in [-0.1, -0.05) is 6.92 Å². The number of alkyl halides is 3. The first kappa shape index (κ1) is 24.2. The highest BCUT2D eigenvalue weighted by Crippen LogP contribution is 2.43. The molecule has 4 fully saturated rings. The number of nitrogens with one attached hydrogen (secondary N) is 1. The van der Waals surface area contributed by atoms with E-state index in [1.807, 2.05) is 0 Å². The van der Waals surface area contributed by atoms with Gasteiger partial charge in [0.1, 0.15) is 6.04 Å². The summed E-state index contributed by atoms with van der Waals surface area (Å²) in [6, 6.07) is -2.31. The molecule has 7 nitrogen and oxygen atoms in total. The predicted molar refractivity (Wildman–Crippen MR) is 114 cm³/mol. The average molecular weight is 481 g/mol. The quantitative estimate of drug-likeness (QED) is 0.670. The van der Waals surface area contributed by atoms with Crippen LogP contribution in [0, 0.1) is 23.7 Å². The van der Waals surface area contributed by atoms with Crippen LogP contribution in [0.5, 0.6) is 0 Å². The minimum atomic E-state index is -4.49. The lowest BCUT2D eigenvalue weighted by Crippen LogP contribution is -2.52. The van der Waals surface area contributed by atoms with Gasteiger partial charge in [-0.2, -0.15) is 13.2 Å². The summed E-state index contributed by atoms with van der Waals surface area (Å²) >= 11 is 0. The van der Waals surface area contributed by atoms with Crippen molar-refractivity contribution >= 4 is 15.9 Å². The van der Waals surface area contributed by atoms with Crippen LogP contribution in [0.1, 0.15) is 45.4 Å². The molecule has 3 unspecified atom stereocenters. The van der Waals surface area contributed by atoms with E-state index < -0.39 is 34.2 Å². The fraction of sp³-hybridized carbons (Fsp3) is 0.952. The Kier molecular flexibility index (Phi) is 6.84. The maximum absolute atomic E-state index is 13.9. The molecule has 4 saturated heterocycles. The number of hydrogen-bond acceptors (Lipinski definition) is 5. The summed E-state index contributed by atoms with van der Waals surface area (Å²) in [6.45, 7) is 4.58. The number of amides is 1. The van der Waals surface area contributed by atoms with Crippen molar-refractivity contribution in [2.45, 2.75) is 63.7 Å². The number of piperidine rings is 3. The lowest BCUT2D eigenvalue weighted by molar-refractivity contribution is -0.172. The first-order chi connectivity index (χ1) is 14.9. The van der Waals surface area contributed by atoms with Gasteiger partial charge < -0.3 is 4.90 Å². The molecule has 1 amide bonds. The molecule has 4 aliphatic rings. The summed E-state index contributed by atoms with van der Waals surface area (Å²) in [5.41, 5.74) is 2.64. The lowest BCUT2D eigenvalue weighted by Gasteiger charge is -2.42. The van der Waals surface area contributed by atoms with E-state index in [1.54, 1.807) is 9.91 Å². The highest BCUT2D eigenvalue weighted by atomic mass is 32.2. The number of halogens is 3. The van der Waals surface area contributed by atoms with Crippen molar-refractivity contribution in [3.8, 4) is 0 Å². The Bertz CT molecular complexity index is 793. The molecule has 0 saturated carbocycles. The van der Waals surface area contributed by atoms with Crippen molar-refractivity contribution in [1.29, 1.82) is 0 Å². The number of fused-ring (bicyclic) bond motifs is 1. The van der Waals surface area contributed by atoms with Gasteiger partial charge in [-0.3, -0.25) is 4.79 Å². The predicted octanol–water partition coefficient (Wildman–Crippen LogP) is 2.06. The number of hydrogen-bond donors (Lipinski definition) is 1. The van der Waals surface area contributed by atoms with Crippen LogP contribution in [0.2, 0.25) is 0 Å². The van der Waals surface area contributed by atoms with Crippen molar-refractivity contribution in [2.75, 3.05) is 39.0 Å². The number of likely N-dealkylation sites (tertiary alicyclic amines) is 1.